The van der Waals surface area contributed by atoms with Crippen LogP contribution in [0.15, 0.2) is 23.4 Å². The van der Waals surface area contributed by atoms with Crippen LogP contribution in [-0.4, -0.2) is 42.3 Å². The van der Waals surface area contributed by atoms with Crippen molar-refractivity contribution < 1.29 is 18.3 Å². The van der Waals surface area contributed by atoms with Crippen molar-refractivity contribution in [2.75, 3.05) is 18.0 Å². The van der Waals surface area contributed by atoms with Crippen molar-refractivity contribution >= 4 is 21.5 Å². The van der Waals surface area contributed by atoms with E-state index in [9.17, 15) is 13.2 Å². The maximum atomic E-state index is 12.3. The Labute approximate surface area is 131 Å². The van der Waals surface area contributed by atoms with Crippen LogP contribution in [-0.2, 0) is 14.6 Å². The largest absolute Gasteiger partial charge is 0.481 e. The third kappa shape index (κ3) is 3.24. The number of nitrogens with zero attached hydrogens (tertiary/aromatic N) is 2. The van der Waals surface area contributed by atoms with Crippen LogP contribution >= 0.6 is 0 Å². The fraction of sp³-hybridized carbons (Fsp3) is 0.600. The third-order valence-electron chi connectivity index (χ3n) is 3.94. The van der Waals surface area contributed by atoms with Crippen molar-refractivity contribution in [2.24, 2.45) is 5.92 Å². The first-order chi connectivity index (χ1) is 10.1. The quantitative estimate of drug-likeness (QED) is 0.913. The molecule has 1 saturated heterocycles. The average Bonchev–Trinajstić information content (AvgIpc) is 2.46. The van der Waals surface area contributed by atoms with Crippen molar-refractivity contribution in [1.82, 2.24) is 4.98 Å². The zero-order valence-corrected chi connectivity index (χ0v) is 13.9. The van der Waals surface area contributed by atoms with Gasteiger partial charge < -0.3 is 10.0 Å². The highest BCUT2D eigenvalue weighted by molar-refractivity contribution is 7.92. The number of hydrogen-bond acceptors (Lipinski definition) is 5. The molecular weight excluding hydrogens is 304 g/mol. The minimum absolute atomic E-state index is 0.0514. The Kier molecular flexibility index (Phi) is 4.47. The highest BCUT2D eigenvalue weighted by Gasteiger charge is 2.32. The second kappa shape index (κ2) is 5.87. The number of hydrogen-bond donors (Lipinski definition) is 1. The summed E-state index contributed by atoms with van der Waals surface area (Å²) >= 11 is 0. The first-order valence-electron chi connectivity index (χ1n) is 7.31. The van der Waals surface area contributed by atoms with Gasteiger partial charge in [0.05, 0.1) is 22.5 Å². The van der Waals surface area contributed by atoms with Gasteiger partial charge >= 0.3 is 5.97 Å². The molecule has 1 aromatic heterocycles. The molecule has 0 bridgehead atoms. The van der Waals surface area contributed by atoms with E-state index in [-0.39, 0.29) is 10.9 Å². The lowest BCUT2D eigenvalue weighted by atomic mass is 9.98. The SMILES string of the molecule is CC(C)(C)S(=O)(=O)c1ccc(N2CCCC(C(=O)O)C2)cn1. The summed E-state index contributed by atoms with van der Waals surface area (Å²) in [7, 11) is -3.47. The highest BCUT2D eigenvalue weighted by Crippen LogP contribution is 2.26. The molecule has 0 spiro atoms. The maximum absolute atomic E-state index is 12.3. The zero-order chi connectivity index (χ0) is 16.5. The van der Waals surface area contributed by atoms with Crippen molar-refractivity contribution in [3.05, 3.63) is 18.3 Å². The predicted molar refractivity (Wildman–Crippen MR) is 83.7 cm³/mol. The van der Waals surface area contributed by atoms with E-state index in [1.807, 2.05) is 4.90 Å². The Morgan fingerprint density at radius 3 is 2.55 bits per heavy atom. The van der Waals surface area contributed by atoms with E-state index in [1.165, 1.54) is 12.3 Å². The van der Waals surface area contributed by atoms with E-state index in [0.29, 0.717) is 13.0 Å². The summed E-state index contributed by atoms with van der Waals surface area (Å²) in [6, 6.07) is 3.20. The Morgan fingerprint density at radius 2 is 2.05 bits per heavy atom. The summed E-state index contributed by atoms with van der Waals surface area (Å²) in [4.78, 5) is 17.1. The van der Waals surface area contributed by atoms with Crippen LogP contribution in [0.1, 0.15) is 33.6 Å². The molecule has 122 valence electrons. The predicted octanol–water partition coefficient (Wildman–Crippen LogP) is 1.95. The van der Waals surface area contributed by atoms with E-state index in [1.54, 1.807) is 26.8 Å². The molecule has 0 saturated carbocycles. The number of pyridine rings is 1. The number of aliphatic carboxylic acids is 1. The van der Waals surface area contributed by atoms with Gasteiger partial charge in [-0.15, -0.1) is 0 Å². The van der Waals surface area contributed by atoms with Crippen molar-refractivity contribution in [2.45, 2.75) is 43.4 Å². The minimum atomic E-state index is -3.47. The standard InChI is InChI=1S/C15H22N2O4S/c1-15(2,3)22(20,21)13-7-6-12(9-16-13)17-8-4-5-11(10-17)14(18)19/h6-7,9,11H,4-5,8,10H2,1-3H3,(H,18,19). The Hall–Kier alpha value is -1.63. The molecule has 1 fully saturated rings. The third-order valence-corrected chi connectivity index (χ3v) is 6.34. The molecule has 1 atom stereocenters. The van der Waals surface area contributed by atoms with Gasteiger partial charge in [0.25, 0.3) is 0 Å². The van der Waals surface area contributed by atoms with Crippen LogP contribution in [0.2, 0.25) is 0 Å². The van der Waals surface area contributed by atoms with Gasteiger partial charge in [0.15, 0.2) is 14.9 Å². The van der Waals surface area contributed by atoms with E-state index < -0.39 is 20.6 Å². The van der Waals surface area contributed by atoms with Crippen LogP contribution in [0.4, 0.5) is 5.69 Å². The second-order valence-corrected chi connectivity index (χ2v) is 9.24. The van der Waals surface area contributed by atoms with Crippen LogP contribution in [0, 0.1) is 5.92 Å². The Balaban J connectivity index is 2.21. The molecule has 1 aliphatic rings. The van der Waals surface area contributed by atoms with Crippen LogP contribution < -0.4 is 4.90 Å². The number of piperidine rings is 1. The number of sulfone groups is 1. The van der Waals surface area contributed by atoms with E-state index in [0.717, 1.165) is 18.7 Å². The normalized spacial score (nSPS) is 20.0. The molecule has 2 heterocycles. The molecule has 6 nitrogen and oxygen atoms in total. The molecule has 1 aromatic rings. The summed E-state index contributed by atoms with van der Waals surface area (Å²) < 4.78 is 23.8. The first-order valence-corrected chi connectivity index (χ1v) is 8.79. The smallest absolute Gasteiger partial charge is 0.308 e. The van der Waals surface area contributed by atoms with Gasteiger partial charge in [-0.1, -0.05) is 0 Å². The molecule has 0 aromatic carbocycles. The Morgan fingerprint density at radius 1 is 1.36 bits per heavy atom. The average molecular weight is 326 g/mol. The van der Waals surface area contributed by atoms with Crippen molar-refractivity contribution in [3.8, 4) is 0 Å². The lowest BCUT2D eigenvalue weighted by Gasteiger charge is -2.32. The van der Waals surface area contributed by atoms with Crippen LogP contribution in [0.5, 0.6) is 0 Å². The summed E-state index contributed by atoms with van der Waals surface area (Å²) in [5.41, 5.74) is 0.763. The minimum Gasteiger partial charge on any atom is -0.481 e. The number of carbonyl (C=O) groups is 1. The van der Waals surface area contributed by atoms with Crippen molar-refractivity contribution in [3.63, 3.8) is 0 Å². The monoisotopic (exact) mass is 326 g/mol. The summed E-state index contributed by atoms with van der Waals surface area (Å²) in [5, 5.41) is 9.17. The highest BCUT2D eigenvalue weighted by atomic mass is 32.2. The van der Waals surface area contributed by atoms with Gasteiger partial charge in [-0.2, -0.15) is 0 Å². The lowest BCUT2D eigenvalue weighted by molar-refractivity contribution is -0.141. The van der Waals surface area contributed by atoms with E-state index in [4.69, 9.17) is 5.11 Å². The van der Waals surface area contributed by atoms with E-state index in [2.05, 4.69) is 4.98 Å². The molecule has 2 rings (SSSR count). The van der Waals surface area contributed by atoms with E-state index >= 15 is 0 Å². The second-order valence-electron chi connectivity index (χ2n) is 6.59. The molecule has 0 radical (unpaired) electrons. The summed E-state index contributed by atoms with van der Waals surface area (Å²) in [5.74, 6) is -1.17. The molecule has 0 aliphatic carbocycles. The molecule has 0 amide bonds. The lowest BCUT2D eigenvalue weighted by Crippen LogP contribution is -2.38. The number of rotatable bonds is 3. The topological polar surface area (TPSA) is 87.6 Å². The molecule has 1 unspecified atom stereocenters. The van der Waals surface area contributed by atoms with Crippen LogP contribution in [0.3, 0.4) is 0 Å². The van der Waals surface area contributed by atoms with Gasteiger partial charge in [0.1, 0.15) is 0 Å². The zero-order valence-electron chi connectivity index (χ0n) is 13.1. The first kappa shape index (κ1) is 16.7. The molecule has 7 heteroatoms. The molecule has 1 N–H and O–H groups in total. The maximum Gasteiger partial charge on any atom is 0.308 e. The van der Waals surface area contributed by atoms with Crippen molar-refractivity contribution in [1.29, 1.82) is 0 Å². The fourth-order valence-electron chi connectivity index (χ4n) is 2.45. The van der Waals surface area contributed by atoms with Gasteiger partial charge in [0.2, 0.25) is 0 Å². The molecular formula is C15H22N2O4S. The fourth-order valence-corrected chi connectivity index (χ4v) is 3.51. The van der Waals surface area contributed by atoms with Crippen LogP contribution in [0.25, 0.3) is 0 Å². The Bertz CT molecular complexity index is 647. The number of aromatic nitrogens is 1. The van der Waals surface area contributed by atoms with Gasteiger partial charge in [-0.05, 0) is 45.7 Å². The van der Waals surface area contributed by atoms with Gasteiger partial charge in [-0.3, -0.25) is 4.79 Å². The summed E-state index contributed by atoms with van der Waals surface area (Å²) in [6.07, 6.45) is 3.00. The number of carboxylic acid groups (broad SMARTS) is 1. The summed E-state index contributed by atoms with van der Waals surface area (Å²) in [6.45, 7) is 6.11. The molecule has 22 heavy (non-hydrogen) atoms. The number of anilines is 1. The van der Waals surface area contributed by atoms with Gasteiger partial charge in [0, 0.05) is 13.1 Å². The van der Waals surface area contributed by atoms with Gasteiger partial charge in [-0.25, -0.2) is 13.4 Å². The molecule has 1 aliphatic heterocycles. The number of carboxylic acids is 1.